The number of ether oxygens (including phenoxy) is 1. The molecule has 2 aromatic heterocycles. The van der Waals surface area contributed by atoms with E-state index in [2.05, 4.69) is 15.1 Å². The Bertz CT molecular complexity index is 1170. The summed E-state index contributed by atoms with van der Waals surface area (Å²) in [6, 6.07) is 11.3. The highest BCUT2D eigenvalue weighted by atomic mass is 19.4. The second-order valence-corrected chi connectivity index (χ2v) is 7.77. The van der Waals surface area contributed by atoms with Crippen LogP contribution in [0.15, 0.2) is 65.7 Å². The SMILES string of the molecule is CC(C)COc1ccc(-c2nc(-c3ccc(Cn4ccnc4)cc3)no2)cc1C(F)(F)F. The highest BCUT2D eigenvalue weighted by Gasteiger charge is 2.35. The summed E-state index contributed by atoms with van der Waals surface area (Å²) in [6.07, 6.45) is 0.736. The fraction of sp³-hybridized carbons (Fsp3) is 0.261. The van der Waals surface area contributed by atoms with Gasteiger partial charge in [0.05, 0.1) is 18.5 Å². The molecule has 2 heterocycles. The second-order valence-electron chi connectivity index (χ2n) is 7.77. The van der Waals surface area contributed by atoms with E-state index < -0.39 is 11.7 Å². The average Bonchev–Trinajstić information content (AvgIpc) is 3.44. The van der Waals surface area contributed by atoms with Gasteiger partial charge in [-0.3, -0.25) is 0 Å². The minimum absolute atomic E-state index is 0.00315. The number of nitrogens with zero attached hydrogens (tertiary/aromatic N) is 4. The number of hydrogen-bond acceptors (Lipinski definition) is 5. The maximum absolute atomic E-state index is 13.6. The number of imidazole rings is 1. The Morgan fingerprint density at radius 1 is 1.06 bits per heavy atom. The molecule has 0 saturated carbocycles. The summed E-state index contributed by atoms with van der Waals surface area (Å²) in [5.74, 6) is 0.176. The monoisotopic (exact) mass is 442 g/mol. The van der Waals surface area contributed by atoms with Gasteiger partial charge in [-0.15, -0.1) is 0 Å². The molecule has 0 aliphatic heterocycles. The number of rotatable bonds is 7. The molecule has 9 heteroatoms. The lowest BCUT2D eigenvalue weighted by Gasteiger charge is -2.15. The highest BCUT2D eigenvalue weighted by Crippen LogP contribution is 2.39. The van der Waals surface area contributed by atoms with E-state index in [9.17, 15) is 13.2 Å². The van der Waals surface area contributed by atoms with Crippen molar-refractivity contribution >= 4 is 0 Å². The first-order chi connectivity index (χ1) is 15.3. The molecule has 6 nitrogen and oxygen atoms in total. The van der Waals surface area contributed by atoms with Crippen molar-refractivity contribution in [2.45, 2.75) is 26.6 Å². The minimum Gasteiger partial charge on any atom is -0.493 e. The molecule has 0 spiro atoms. The first-order valence-corrected chi connectivity index (χ1v) is 10.0. The molecule has 0 fully saturated rings. The van der Waals surface area contributed by atoms with Crippen molar-refractivity contribution < 1.29 is 22.4 Å². The zero-order valence-electron chi connectivity index (χ0n) is 17.5. The van der Waals surface area contributed by atoms with Crippen molar-refractivity contribution in [3.8, 4) is 28.6 Å². The summed E-state index contributed by atoms with van der Waals surface area (Å²) in [5.41, 5.74) is 1.05. The van der Waals surface area contributed by atoms with Crippen molar-refractivity contribution in [1.82, 2.24) is 19.7 Å². The summed E-state index contributed by atoms with van der Waals surface area (Å²) in [6.45, 7) is 4.59. The molecule has 166 valence electrons. The topological polar surface area (TPSA) is 66.0 Å². The lowest BCUT2D eigenvalue weighted by molar-refractivity contribution is -0.139. The fourth-order valence-corrected chi connectivity index (χ4v) is 3.08. The predicted molar refractivity (Wildman–Crippen MR) is 112 cm³/mol. The third-order valence-electron chi connectivity index (χ3n) is 4.67. The molecule has 0 aliphatic rings. The van der Waals surface area contributed by atoms with Crippen LogP contribution in [0.2, 0.25) is 0 Å². The zero-order chi connectivity index (χ0) is 22.7. The number of benzene rings is 2. The Morgan fingerprint density at radius 3 is 2.47 bits per heavy atom. The van der Waals surface area contributed by atoms with E-state index in [-0.39, 0.29) is 29.7 Å². The summed E-state index contributed by atoms with van der Waals surface area (Å²) < 4.78 is 53.2. The number of alkyl halides is 3. The van der Waals surface area contributed by atoms with E-state index in [1.54, 1.807) is 12.5 Å². The van der Waals surface area contributed by atoms with Gasteiger partial charge < -0.3 is 13.8 Å². The van der Waals surface area contributed by atoms with Gasteiger partial charge in [0.25, 0.3) is 5.89 Å². The van der Waals surface area contributed by atoms with Crippen molar-refractivity contribution in [2.24, 2.45) is 5.92 Å². The predicted octanol–water partition coefficient (Wildman–Crippen LogP) is 5.70. The molecule has 0 radical (unpaired) electrons. The molecule has 32 heavy (non-hydrogen) atoms. The van der Waals surface area contributed by atoms with E-state index in [0.717, 1.165) is 11.6 Å². The summed E-state index contributed by atoms with van der Waals surface area (Å²) >= 11 is 0. The van der Waals surface area contributed by atoms with Crippen LogP contribution in [0.3, 0.4) is 0 Å². The van der Waals surface area contributed by atoms with E-state index >= 15 is 0 Å². The molecule has 0 atom stereocenters. The number of halogens is 3. The Balaban J connectivity index is 1.56. The molecule has 0 bridgehead atoms. The van der Waals surface area contributed by atoms with Crippen LogP contribution in [0.1, 0.15) is 25.0 Å². The second kappa shape index (κ2) is 8.86. The standard InChI is InChI=1S/C23H21F3N4O2/c1-15(2)13-31-20-8-7-18(11-19(20)23(24,25)26)22-28-21(29-32-22)17-5-3-16(4-6-17)12-30-10-9-27-14-30/h3-11,14-15H,12-13H2,1-2H3. The lowest BCUT2D eigenvalue weighted by atomic mass is 10.1. The molecule has 4 rings (SSSR count). The highest BCUT2D eigenvalue weighted by molar-refractivity contribution is 5.62. The Labute approximate surface area is 182 Å². The molecule has 0 aliphatic carbocycles. The Morgan fingerprint density at radius 2 is 1.81 bits per heavy atom. The van der Waals surface area contributed by atoms with Crippen LogP contribution in [-0.4, -0.2) is 26.3 Å². The number of aromatic nitrogens is 4. The van der Waals surface area contributed by atoms with Crippen LogP contribution in [0, 0.1) is 5.92 Å². The van der Waals surface area contributed by atoms with E-state index in [0.29, 0.717) is 17.9 Å². The van der Waals surface area contributed by atoms with Gasteiger partial charge in [-0.1, -0.05) is 43.3 Å². The lowest BCUT2D eigenvalue weighted by Crippen LogP contribution is -2.12. The molecule has 0 N–H and O–H groups in total. The first-order valence-electron chi connectivity index (χ1n) is 10.0. The van der Waals surface area contributed by atoms with Gasteiger partial charge >= 0.3 is 6.18 Å². The average molecular weight is 442 g/mol. The third kappa shape index (κ3) is 4.99. The van der Waals surface area contributed by atoms with Crippen LogP contribution in [-0.2, 0) is 12.7 Å². The van der Waals surface area contributed by atoms with Crippen LogP contribution >= 0.6 is 0 Å². The van der Waals surface area contributed by atoms with Crippen LogP contribution in [0.4, 0.5) is 13.2 Å². The van der Waals surface area contributed by atoms with Crippen LogP contribution in [0.5, 0.6) is 5.75 Å². The molecule has 0 saturated heterocycles. The molecule has 4 aromatic rings. The molecule has 0 unspecified atom stereocenters. The summed E-state index contributed by atoms with van der Waals surface area (Å²) in [4.78, 5) is 8.29. The summed E-state index contributed by atoms with van der Waals surface area (Å²) in [5, 5.41) is 3.93. The van der Waals surface area contributed by atoms with Gasteiger partial charge in [0.2, 0.25) is 5.82 Å². The minimum atomic E-state index is -4.57. The molecular formula is C23H21F3N4O2. The van der Waals surface area contributed by atoms with E-state index in [1.165, 1.54) is 12.1 Å². The van der Waals surface area contributed by atoms with Gasteiger partial charge in [0.1, 0.15) is 5.75 Å². The maximum atomic E-state index is 13.6. The van der Waals surface area contributed by atoms with Crippen molar-refractivity contribution in [3.05, 3.63) is 72.3 Å². The van der Waals surface area contributed by atoms with Crippen molar-refractivity contribution in [3.63, 3.8) is 0 Å². The molecule has 2 aromatic carbocycles. The van der Waals surface area contributed by atoms with E-state index in [1.807, 2.05) is 48.9 Å². The van der Waals surface area contributed by atoms with Gasteiger partial charge in [-0.05, 0) is 29.7 Å². The van der Waals surface area contributed by atoms with Gasteiger partial charge in [0, 0.05) is 30.1 Å². The number of hydrogen-bond donors (Lipinski definition) is 0. The molecule has 0 amide bonds. The quantitative estimate of drug-likeness (QED) is 0.367. The largest absolute Gasteiger partial charge is 0.493 e. The fourth-order valence-electron chi connectivity index (χ4n) is 3.08. The Kier molecular flexibility index (Phi) is 5.98. The van der Waals surface area contributed by atoms with E-state index in [4.69, 9.17) is 9.26 Å². The van der Waals surface area contributed by atoms with Crippen LogP contribution in [0.25, 0.3) is 22.8 Å². The molecular weight excluding hydrogens is 421 g/mol. The zero-order valence-corrected chi connectivity index (χ0v) is 17.5. The van der Waals surface area contributed by atoms with Crippen molar-refractivity contribution in [2.75, 3.05) is 6.61 Å². The Hall–Kier alpha value is -3.62. The van der Waals surface area contributed by atoms with Gasteiger partial charge in [0.15, 0.2) is 0 Å². The van der Waals surface area contributed by atoms with Crippen LogP contribution < -0.4 is 4.74 Å². The van der Waals surface area contributed by atoms with Crippen molar-refractivity contribution in [1.29, 1.82) is 0 Å². The summed E-state index contributed by atoms with van der Waals surface area (Å²) in [7, 11) is 0. The smallest absolute Gasteiger partial charge is 0.419 e. The third-order valence-corrected chi connectivity index (χ3v) is 4.67. The normalized spacial score (nSPS) is 11.8. The first kappa shape index (κ1) is 21.6. The van der Waals surface area contributed by atoms with Gasteiger partial charge in [-0.2, -0.15) is 18.2 Å². The maximum Gasteiger partial charge on any atom is 0.419 e. The van der Waals surface area contributed by atoms with Gasteiger partial charge in [-0.25, -0.2) is 4.98 Å².